The topological polar surface area (TPSA) is 0 Å². The molecule has 0 N–H and O–H groups in total. The van der Waals surface area contributed by atoms with E-state index < -0.39 is 0 Å². The van der Waals surface area contributed by atoms with Crippen LogP contribution in [0.3, 0.4) is 0 Å². The van der Waals surface area contributed by atoms with Gasteiger partial charge in [0.1, 0.15) is 0 Å². The van der Waals surface area contributed by atoms with Gasteiger partial charge in [-0.1, -0.05) is 109 Å². The van der Waals surface area contributed by atoms with Crippen molar-refractivity contribution in [3.63, 3.8) is 0 Å². The molecule has 0 aromatic heterocycles. The Hall–Kier alpha value is -2.37. The molecular formula is C38H38B2Zr+2. The van der Waals surface area contributed by atoms with Gasteiger partial charge in [-0.05, 0) is 51.2 Å². The van der Waals surface area contributed by atoms with Crippen LogP contribution in [0.5, 0.6) is 0 Å². The fourth-order valence-electron chi connectivity index (χ4n) is 4.08. The van der Waals surface area contributed by atoms with Gasteiger partial charge in [-0.3, -0.25) is 0 Å². The molecule has 2 aliphatic rings. The first kappa shape index (κ1) is 34.8. The van der Waals surface area contributed by atoms with Crippen LogP contribution >= 0.6 is 0 Å². The molecule has 0 atom stereocenters. The Kier molecular flexibility index (Phi) is 18.9. The largest absolute Gasteiger partial charge is 4.00 e. The molecule has 198 valence electrons. The summed E-state index contributed by atoms with van der Waals surface area (Å²) in [7, 11) is 0. The fourth-order valence-corrected chi connectivity index (χ4v) is 4.08. The molecule has 10 radical (unpaired) electrons. The normalized spacial score (nSPS) is 14.0. The molecule has 0 unspecified atom stereocenters. The fraction of sp³-hybridized carbons (Fsp3) is 0.0526. The van der Waals surface area contributed by atoms with E-state index in [4.69, 9.17) is 0 Å². The molecule has 2 heterocycles. The van der Waals surface area contributed by atoms with Crippen molar-refractivity contribution >= 4 is 13.4 Å². The van der Waals surface area contributed by atoms with Gasteiger partial charge in [0.05, 0.1) is 0 Å². The molecule has 0 saturated carbocycles. The molecule has 2 fully saturated rings. The van der Waals surface area contributed by atoms with Crippen LogP contribution in [0.2, 0.25) is 0 Å². The third kappa shape index (κ3) is 16.6. The molecule has 0 amide bonds. The van der Waals surface area contributed by atoms with Crippen molar-refractivity contribution in [3.8, 4) is 0 Å². The van der Waals surface area contributed by atoms with Gasteiger partial charge in [0, 0.05) is 0 Å². The second kappa shape index (κ2) is 22.3. The molecule has 4 aromatic rings. The van der Waals surface area contributed by atoms with Crippen molar-refractivity contribution in [2.24, 2.45) is 0 Å². The summed E-state index contributed by atoms with van der Waals surface area (Å²) < 4.78 is 0. The monoisotopic (exact) mass is 606 g/mol. The summed E-state index contributed by atoms with van der Waals surface area (Å²) in [5.41, 5.74) is 4.96. The maximum atomic E-state index is 3.72. The van der Waals surface area contributed by atoms with Gasteiger partial charge in [0.25, 0.3) is 0 Å². The van der Waals surface area contributed by atoms with Gasteiger partial charge in [-0.2, -0.15) is 49.2 Å². The minimum absolute atomic E-state index is 0. The number of benzene rings is 4. The van der Waals surface area contributed by atoms with Crippen molar-refractivity contribution in [2.75, 3.05) is 0 Å². The number of rotatable bonds is 4. The molecule has 2 saturated heterocycles. The summed E-state index contributed by atoms with van der Waals surface area (Å²) in [6.45, 7) is 8.59. The van der Waals surface area contributed by atoms with E-state index in [0.29, 0.717) is 13.4 Å². The van der Waals surface area contributed by atoms with Crippen LogP contribution in [0.15, 0.2) is 121 Å². The molecule has 0 spiro atoms. The van der Waals surface area contributed by atoms with E-state index in [-0.39, 0.29) is 26.2 Å². The Balaban J connectivity index is 0.000000198. The second-order valence-electron chi connectivity index (χ2n) is 9.60. The van der Waals surface area contributed by atoms with Crippen LogP contribution in [-0.4, -0.2) is 13.4 Å². The SMILES string of the molecule is [CH2-]c1ccccc1.[CH2-]c1ccccc1.[CH]1[CH][CH]B(Cc2ccccc2)[CH][CH]1.[CH]1[CH][CH]B(Cc2ccccc2)[CH][CH]1.[Zr+4]. The summed E-state index contributed by atoms with van der Waals surface area (Å²) in [5, 5.41) is 0. The zero-order valence-corrected chi connectivity index (χ0v) is 26.3. The summed E-state index contributed by atoms with van der Waals surface area (Å²) in [6.07, 6.45) is 23.8. The summed E-state index contributed by atoms with van der Waals surface area (Å²) in [5.74, 6) is 0. The summed E-state index contributed by atoms with van der Waals surface area (Å²) >= 11 is 0. The second-order valence-corrected chi connectivity index (χ2v) is 9.60. The van der Waals surface area contributed by atoms with E-state index in [1.165, 1.54) is 11.1 Å². The maximum absolute atomic E-state index is 3.72. The maximum Gasteiger partial charge on any atom is 4.00 e. The molecule has 4 aromatic carbocycles. The van der Waals surface area contributed by atoms with Gasteiger partial charge in [0.15, 0.2) is 13.4 Å². The van der Waals surface area contributed by atoms with Crippen molar-refractivity contribution < 1.29 is 26.2 Å². The Morgan fingerprint density at radius 1 is 0.366 bits per heavy atom. The standard InChI is InChI=1S/2C12H12B.2C7H7.Zr/c2*1-3-7-12(8-4-1)11-13-9-5-2-6-10-13;2*1-7-5-3-2-4-6-7;/h2*1-10H,11H2;2*2-6H,1H2;/q;;2*-1;+4. The van der Waals surface area contributed by atoms with Gasteiger partial charge in [0.2, 0.25) is 0 Å². The summed E-state index contributed by atoms with van der Waals surface area (Å²) in [4.78, 5) is 0. The first-order valence-electron chi connectivity index (χ1n) is 13.9. The van der Waals surface area contributed by atoms with E-state index in [2.05, 4.69) is 138 Å². The van der Waals surface area contributed by atoms with Crippen molar-refractivity contribution in [1.29, 1.82) is 0 Å². The van der Waals surface area contributed by atoms with Crippen LogP contribution in [0.4, 0.5) is 0 Å². The molecule has 0 nitrogen and oxygen atoms in total. The molecular weight excluding hydrogens is 569 g/mol. The summed E-state index contributed by atoms with van der Waals surface area (Å²) in [6, 6.07) is 41.0. The van der Waals surface area contributed by atoms with Gasteiger partial charge in [-0.15, -0.1) is 24.3 Å². The minimum Gasteiger partial charge on any atom is -0.199 e. The average molecular weight is 608 g/mol. The van der Waals surface area contributed by atoms with Crippen LogP contribution in [0.1, 0.15) is 22.3 Å². The molecule has 6 rings (SSSR count). The van der Waals surface area contributed by atoms with Crippen molar-refractivity contribution in [1.82, 2.24) is 0 Å². The van der Waals surface area contributed by atoms with E-state index in [9.17, 15) is 0 Å². The Bertz CT molecular complexity index is 1020. The number of hydrogen-bond acceptors (Lipinski definition) is 0. The molecule has 41 heavy (non-hydrogen) atoms. The van der Waals surface area contributed by atoms with E-state index in [1.807, 2.05) is 60.7 Å². The van der Waals surface area contributed by atoms with Crippen molar-refractivity contribution in [2.45, 2.75) is 12.6 Å². The third-order valence-electron chi connectivity index (χ3n) is 6.19. The van der Waals surface area contributed by atoms with Crippen molar-refractivity contribution in [3.05, 3.63) is 221 Å². The predicted octanol–water partition coefficient (Wildman–Crippen LogP) is 8.49. The first-order chi connectivity index (χ1) is 19.7. The van der Waals surface area contributed by atoms with Gasteiger partial charge >= 0.3 is 26.2 Å². The molecule has 0 bridgehead atoms. The molecule has 2 aliphatic heterocycles. The van der Waals surface area contributed by atoms with Crippen LogP contribution in [0.25, 0.3) is 0 Å². The zero-order chi connectivity index (χ0) is 28.1. The number of hydrogen-bond donors (Lipinski definition) is 0. The Morgan fingerprint density at radius 3 is 0.878 bits per heavy atom. The predicted molar refractivity (Wildman–Crippen MR) is 177 cm³/mol. The zero-order valence-electron chi connectivity index (χ0n) is 23.8. The third-order valence-corrected chi connectivity index (χ3v) is 6.19. The van der Waals surface area contributed by atoms with Crippen LogP contribution in [0, 0.1) is 77.7 Å². The smallest absolute Gasteiger partial charge is 0.199 e. The average Bonchev–Trinajstić information content (AvgIpc) is 3.01. The molecule has 0 aliphatic carbocycles. The Morgan fingerprint density at radius 2 is 0.634 bits per heavy atom. The minimum atomic E-state index is 0. The van der Waals surface area contributed by atoms with E-state index >= 15 is 0 Å². The van der Waals surface area contributed by atoms with E-state index in [0.717, 1.165) is 23.8 Å². The van der Waals surface area contributed by atoms with E-state index in [1.54, 1.807) is 0 Å². The quantitative estimate of drug-likeness (QED) is 0.161. The first-order valence-corrected chi connectivity index (χ1v) is 13.9. The van der Waals surface area contributed by atoms with Gasteiger partial charge in [-0.25, -0.2) is 0 Å². The Labute approximate surface area is 272 Å². The molecule has 3 heteroatoms. The van der Waals surface area contributed by atoms with Gasteiger partial charge < -0.3 is 0 Å². The van der Waals surface area contributed by atoms with Crippen LogP contribution in [-0.2, 0) is 38.8 Å². The van der Waals surface area contributed by atoms with Crippen LogP contribution < -0.4 is 0 Å².